The van der Waals surface area contributed by atoms with Crippen LogP contribution in [0.2, 0.25) is 5.15 Å². The van der Waals surface area contributed by atoms with Gasteiger partial charge in [-0.1, -0.05) is 41.8 Å². The minimum absolute atomic E-state index is 0.272. The van der Waals surface area contributed by atoms with Crippen LogP contribution < -0.4 is 14.8 Å². The number of fused-ring (bicyclic) bond motifs is 3. The summed E-state index contributed by atoms with van der Waals surface area (Å²) in [6.07, 6.45) is 5.08. The lowest BCUT2D eigenvalue weighted by Gasteiger charge is -2.09. The third-order valence-electron chi connectivity index (χ3n) is 6.75. The smallest absolute Gasteiger partial charge is 0.231 e. The fraction of sp³-hybridized carbons (Fsp3) is 0.200. The van der Waals surface area contributed by atoms with Crippen molar-refractivity contribution in [2.75, 3.05) is 12.1 Å². The number of thiophene rings is 2. The first-order chi connectivity index (χ1) is 21.6. The van der Waals surface area contributed by atoms with Crippen LogP contribution >= 0.6 is 34.3 Å². The van der Waals surface area contributed by atoms with Crippen molar-refractivity contribution in [3.63, 3.8) is 0 Å². The summed E-state index contributed by atoms with van der Waals surface area (Å²) in [5, 5.41) is 13.2. The molecule has 0 aliphatic carbocycles. The Morgan fingerprint density at radius 1 is 0.750 bits per heavy atom. The van der Waals surface area contributed by atoms with E-state index in [1.165, 1.54) is 9.75 Å². The lowest BCUT2D eigenvalue weighted by molar-refractivity contribution is 0.174. The Kier molecular flexibility index (Phi) is 7.81. The van der Waals surface area contributed by atoms with Crippen LogP contribution in [0.1, 0.15) is 29.2 Å². The Hall–Kier alpha value is -4.59. The van der Waals surface area contributed by atoms with Crippen LogP contribution in [0.4, 0.5) is 5.82 Å². The summed E-state index contributed by atoms with van der Waals surface area (Å²) in [4.78, 5) is 22.3. The molecule has 11 nitrogen and oxygen atoms in total. The van der Waals surface area contributed by atoms with Crippen LogP contribution in [0, 0.1) is 0 Å². The van der Waals surface area contributed by atoms with Crippen LogP contribution in [-0.4, -0.2) is 37.0 Å². The van der Waals surface area contributed by atoms with Crippen LogP contribution in [-0.2, 0) is 19.4 Å². The van der Waals surface area contributed by atoms with Gasteiger partial charge in [0, 0.05) is 33.8 Å². The second kappa shape index (κ2) is 12.2. The van der Waals surface area contributed by atoms with Gasteiger partial charge in [-0.25, -0.2) is 19.9 Å². The van der Waals surface area contributed by atoms with Gasteiger partial charge in [-0.15, -0.1) is 22.7 Å². The maximum Gasteiger partial charge on any atom is 0.231 e. The molecule has 0 atom stereocenters. The van der Waals surface area contributed by atoms with Crippen molar-refractivity contribution < 1.29 is 18.5 Å². The van der Waals surface area contributed by atoms with E-state index in [-0.39, 0.29) is 6.79 Å². The first kappa shape index (κ1) is 28.2. The maximum atomic E-state index is 6.14. The molecule has 0 spiro atoms. The number of rotatable bonds is 7. The second-order valence-corrected chi connectivity index (χ2v) is 12.2. The fourth-order valence-electron chi connectivity index (χ4n) is 4.51. The summed E-state index contributed by atoms with van der Waals surface area (Å²) >= 11 is 9.44. The molecule has 0 saturated carbocycles. The number of aryl methyl sites for hydroxylation is 2. The molecule has 8 rings (SSSR count). The molecule has 1 N–H and O–H groups in total. The zero-order valence-corrected chi connectivity index (χ0v) is 25.9. The van der Waals surface area contributed by atoms with E-state index in [2.05, 4.69) is 55.5 Å². The van der Waals surface area contributed by atoms with Gasteiger partial charge in [0.25, 0.3) is 0 Å². The Labute approximate surface area is 263 Å². The largest absolute Gasteiger partial charge is 0.454 e. The van der Waals surface area contributed by atoms with Crippen molar-refractivity contribution in [3.05, 3.63) is 75.3 Å². The highest BCUT2D eigenvalue weighted by molar-refractivity contribution is 7.19. The van der Waals surface area contributed by atoms with Crippen LogP contribution in [0.15, 0.2) is 63.9 Å². The van der Waals surface area contributed by atoms with E-state index in [0.717, 1.165) is 56.2 Å². The first-order valence-corrected chi connectivity index (χ1v) is 15.8. The summed E-state index contributed by atoms with van der Waals surface area (Å²) in [5.41, 5.74) is 1.08. The molecule has 222 valence electrons. The first-order valence-electron chi connectivity index (χ1n) is 13.8. The van der Waals surface area contributed by atoms with Crippen LogP contribution in [0.3, 0.4) is 0 Å². The molecule has 0 unspecified atom stereocenters. The van der Waals surface area contributed by atoms with Gasteiger partial charge in [0.05, 0.1) is 17.8 Å². The van der Waals surface area contributed by atoms with E-state index in [9.17, 15) is 0 Å². The third kappa shape index (κ3) is 5.68. The van der Waals surface area contributed by atoms with Gasteiger partial charge in [0.15, 0.2) is 11.5 Å². The van der Waals surface area contributed by atoms with Gasteiger partial charge in [-0.3, -0.25) is 0 Å². The molecule has 44 heavy (non-hydrogen) atoms. The highest BCUT2D eigenvalue weighted by Crippen LogP contribution is 2.35. The SMILES string of the molecule is CCc1cc2c(Cl)nc(-c3ccno3)nc2s1.CCc1cc2c(NCc3ccc4c(c3)OCO4)nc(-c3ccno3)nc2s1. The molecule has 1 aliphatic heterocycles. The second-order valence-electron chi connectivity index (χ2n) is 9.60. The summed E-state index contributed by atoms with van der Waals surface area (Å²) in [7, 11) is 0. The van der Waals surface area contributed by atoms with E-state index >= 15 is 0 Å². The number of benzene rings is 1. The highest BCUT2D eigenvalue weighted by Gasteiger charge is 2.17. The number of hydrogen-bond acceptors (Lipinski definition) is 13. The van der Waals surface area contributed by atoms with Crippen LogP contribution in [0.5, 0.6) is 11.5 Å². The lowest BCUT2D eigenvalue weighted by atomic mass is 10.2. The van der Waals surface area contributed by atoms with E-state index < -0.39 is 0 Å². The van der Waals surface area contributed by atoms with E-state index in [1.54, 1.807) is 47.2 Å². The topological polar surface area (TPSA) is 134 Å². The van der Waals surface area contributed by atoms with E-state index in [0.29, 0.717) is 34.9 Å². The van der Waals surface area contributed by atoms with Crippen molar-refractivity contribution in [2.45, 2.75) is 33.2 Å². The molecular formula is C30H24ClN7O4S2. The van der Waals surface area contributed by atoms with Crippen molar-refractivity contribution in [3.8, 4) is 34.7 Å². The molecule has 7 aromatic rings. The Bertz CT molecular complexity index is 2060. The molecule has 7 heterocycles. The number of halogens is 1. The Morgan fingerprint density at radius 3 is 2.05 bits per heavy atom. The van der Waals surface area contributed by atoms with E-state index in [4.69, 9.17) is 30.1 Å². The normalized spacial score (nSPS) is 12.1. The van der Waals surface area contributed by atoms with Gasteiger partial charge < -0.3 is 23.8 Å². The standard InChI is InChI=1S/C19H16N4O3S.C11H8ClN3OS/c1-2-12-8-13-17(20-9-11-3-4-14-16(7-11)25-10-24-14)22-18(23-19(13)27-12)15-5-6-21-26-15;1-2-6-5-7-9(12)14-10(15-11(7)17-6)8-3-4-13-16-8/h3-8H,2,9-10H2,1H3,(H,20,22,23);3-5H,2H2,1H3. The molecule has 0 amide bonds. The van der Waals surface area contributed by atoms with Crippen molar-refractivity contribution >= 4 is 60.5 Å². The Balaban J connectivity index is 0.000000158. The molecule has 1 aliphatic rings. The molecule has 0 bridgehead atoms. The van der Waals surface area contributed by atoms with Crippen molar-refractivity contribution in [1.29, 1.82) is 0 Å². The zero-order chi connectivity index (χ0) is 30.0. The van der Waals surface area contributed by atoms with Gasteiger partial charge in [-0.2, -0.15) is 0 Å². The third-order valence-corrected chi connectivity index (χ3v) is 9.39. The number of nitrogens with zero attached hydrogens (tertiary/aromatic N) is 6. The number of anilines is 1. The number of nitrogens with one attached hydrogen (secondary N) is 1. The molecule has 0 fully saturated rings. The molecule has 14 heteroatoms. The fourth-order valence-corrected chi connectivity index (χ4v) is 6.72. The molecular weight excluding hydrogens is 622 g/mol. The van der Waals surface area contributed by atoms with Crippen molar-refractivity contribution in [1.82, 2.24) is 30.2 Å². The zero-order valence-electron chi connectivity index (χ0n) is 23.5. The average molecular weight is 646 g/mol. The molecule has 0 saturated heterocycles. The molecule has 6 aromatic heterocycles. The van der Waals surface area contributed by atoms with Crippen LogP contribution in [0.25, 0.3) is 43.6 Å². The highest BCUT2D eigenvalue weighted by atomic mass is 35.5. The number of aromatic nitrogens is 6. The minimum atomic E-state index is 0.272. The van der Waals surface area contributed by atoms with Gasteiger partial charge in [0.2, 0.25) is 30.0 Å². The summed E-state index contributed by atoms with van der Waals surface area (Å²) in [6.45, 7) is 5.11. The Morgan fingerprint density at radius 2 is 1.39 bits per heavy atom. The van der Waals surface area contributed by atoms with Gasteiger partial charge in [-0.05, 0) is 42.7 Å². The summed E-state index contributed by atoms with van der Waals surface area (Å²) in [6, 6.07) is 13.6. The van der Waals surface area contributed by atoms with E-state index in [1.807, 2.05) is 24.3 Å². The summed E-state index contributed by atoms with van der Waals surface area (Å²) in [5.74, 6) is 4.41. The predicted molar refractivity (Wildman–Crippen MR) is 169 cm³/mol. The summed E-state index contributed by atoms with van der Waals surface area (Å²) < 4.78 is 21.1. The minimum Gasteiger partial charge on any atom is -0.454 e. The maximum absolute atomic E-state index is 6.14. The lowest BCUT2D eigenvalue weighted by Crippen LogP contribution is -2.03. The number of ether oxygens (including phenoxy) is 2. The molecule has 0 radical (unpaired) electrons. The van der Waals surface area contributed by atoms with Gasteiger partial charge >= 0.3 is 0 Å². The van der Waals surface area contributed by atoms with Crippen molar-refractivity contribution in [2.24, 2.45) is 0 Å². The predicted octanol–water partition coefficient (Wildman–Crippen LogP) is 7.81. The monoisotopic (exact) mass is 645 g/mol. The van der Waals surface area contributed by atoms with Gasteiger partial charge in [0.1, 0.15) is 20.6 Å². The number of hydrogen-bond donors (Lipinski definition) is 1. The average Bonchev–Trinajstić information content (AvgIpc) is 3.89. The quantitative estimate of drug-likeness (QED) is 0.170. The molecule has 1 aromatic carbocycles.